The maximum atomic E-state index is 13.0. The van der Waals surface area contributed by atoms with E-state index in [0.717, 1.165) is 11.6 Å². The predicted molar refractivity (Wildman–Crippen MR) is 69.6 cm³/mol. The Labute approximate surface area is 110 Å². The molecule has 2 aromatic rings. The van der Waals surface area contributed by atoms with Gasteiger partial charge in [-0.05, 0) is 29.8 Å². The molecule has 0 atom stereocenters. The molecular formula is C15H14F3N. The molecule has 0 bridgehead atoms. The number of halogens is 3. The van der Waals surface area contributed by atoms with Crippen molar-refractivity contribution in [1.29, 1.82) is 0 Å². The Bertz CT molecular complexity index is 561. The molecule has 0 radical (unpaired) electrons. The summed E-state index contributed by atoms with van der Waals surface area (Å²) >= 11 is 0. The third-order valence-corrected chi connectivity index (χ3v) is 2.91. The fraction of sp³-hybridized carbons (Fsp3) is 0.200. The van der Waals surface area contributed by atoms with E-state index in [-0.39, 0.29) is 5.56 Å². The van der Waals surface area contributed by atoms with Gasteiger partial charge < -0.3 is 5.32 Å². The van der Waals surface area contributed by atoms with Crippen molar-refractivity contribution in [2.45, 2.75) is 12.7 Å². The Morgan fingerprint density at radius 1 is 0.895 bits per heavy atom. The fourth-order valence-corrected chi connectivity index (χ4v) is 2.09. The molecule has 19 heavy (non-hydrogen) atoms. The molecule has 0 aliphatic heterocycles. The van der Waals surface area contributed by atoms with Gasteiger partial charge in [-0.3, -0.25) is 0 Å². The van der Waals surface area contributed by atoms with Crippen molar-refractivity contribution in [2.24, 2.45) is 0 Å². The monoisotopic (exact) mass is 265 g/mol. The van der Waals surface area contributed by atoms with Gasteiger partial charge in [0.05, 0.1) is 5.56 Å². The average Bonchev–Trinajstić information content (AvgIpc) is 2.39. The SMILES string of the molecule is CNCc1ccccc1-c1ccccc1C(F)(F)F. The summed E-state index contributed by atoms with van der Waals surface area (Å²) in [5.41, 5.74) is 1.09. The zero-order valence-electron chi connectivity index (χ0n) is 10.5. The number of nitrogens with one attached hydrogen (secondary N) is 1. The predicted octanol–water partition coefficient (Wildman–Crippen LogP) is 4.09. The topological polar surface area (TPSA) is 12.0 Å². The van der Waals surface area contributed by atoms with E-state index in [1.54, 1.807) is 25.2 Å². The third kappa shape index (κ3) is 2.96. The van der Waals surface area contributed by atoms with Crippen molar-refractivity contribution < 1.29 is 13.2 Å². The van der Waals surface area contributed by atoms with Gasteiger partial charge in [-0.2, -0.15) is 13.2 Å². The first-order chi connectivity index (χ1) is 9.04. The van der Waals surface area contributed by atoms with Crippen LogP contribution in [0, 0.1) is 0 Å². The van der Waals surface area contributed by atoms with Crippen molar-refractivity contribution in [2.75, 3.05) is 7.05 Å². The fourth-order valence-electron chi connectivity index (χ4n) is 2.09. The van der Waals surface area contributed by atoms with Crippen LogP contribution in [-0.2, 0) is 12.7 Å². The van der Waals surface area contributed by atoms with Crippen molar-refractivity contribution in [3.05, 3.63) is 59.7 Å². The highest BCUT2D eigenvalue weighted by Gasteiger charge is 2.33. The van der Waals surface area contributed by atoms with Crippen LogP contribution in [0.2, 0.25) is 0 Å². The molecule has 0 aliphatic carbocycles. The summed E-state index contributed by atoms with van der Waals surface area (Å²) in [5, 5.41) is 2.97. The summed E-state index contributed by atoms with van der Waals surface area (Å²) < 4.78 is 39.1. The first kappa shape index (κ1) is 13.6. The molecule has 0 heterocycles. The third-order valence-electron chi connectivity index (χ3n) is 2.91. The van der Waals surface area contributed by atoms with E-state index in [2.05, 4.69) is 5.32 Å². The Kier molecular flexibility index (Phi) is 3.90. The number of hydrogen-bond donors (Lipinski definition) is 1. The van der Waals surface area contributed by atoms with Gasteiger partial charge in [0, 0.05) is 6.54 Å². The average molecular weight is 265 g/mol. The lowest BCUT2D eigenvalue weighted by molar-refractivity contribution is -0.137. The Morgan fingerprint density at radius 3 is 2.11 bits per heavy atom. The van der Waals surface area contributed by atoms with Gasteiger partial charge in [-0.15, -0.1) is 0 Å². The number of hydrogen-bond acceptors (Lipinski definition) is 1. The van der Waals surface area contributed by atoms with Crippen LogP contribution in [0.5, 0.6) is 0 Å². The lowest BCUT2D eigenvalue weighted by Gasteiger charge is -2.15. The summed E-state index contributed by atoms with van der Waals surface area (Å²) in [5.74, 6) is 0. The molecule has 0 aromatic heterocycles. The Balaban J connectivity index is 2.60. The summed E-state index contributed by atoms with van der Waals surface area (Å²) in [6, 6.07) is 12.8. The van der Waals surface area contributed by atoms with E-state index in [4.69, 9.17) is 0 Å². The minimum absolute atomic E-state index is 0.223. The van der Waals surface area contributed by atoms with Gasteiger partial charge in [0.1, 0.15) is 0 Å². The summed E-state index contributed by atoms with van der Waals surface area (Å²) in [7, 11) is 1.77. The molecular weight excluding hydrogens is 251 g/mol. The molecule has 2 aromatic carbocycles. The van der Waals surface area contributed by atoms with Gasteiger partial charge in [-0.1, -0.05) is 42.5 Å². The first-order valence-electron chi connectivity index (χ1n) is 5.93. The molecule has 4 heteroatoms. The zero-order chi connectivity index (χ0) is 13.9. The summed E-state index contributed by atoms with van der Waals surface area (Å²) in [6.45, 7) is 0.530. The van der Waals surface area contributed by atoms with E-state index in [1.165, 1.54) is 12.1 Å². The summed E-state index contributed by atoms with van der Waals surface area (Å²) in [4.78, 5) is 0. The minimum atomic E-state index is -4.34. The lowest BCUT2D eigenvalue weighted by atomic mass is 9.95. The quantitative estimate of drug-likeness (QED) is 0.881. The summed E-state index contributed by atoms with van der Waals surface area (Å²) in [6.07, 6.45) is -4.34. The number of benzene rings is 2. The van der Waals surface area contributed by atoms with E-state index in [1.807, 2.05) is 12.1 Å². The molecule has 0 amide bonds. The molecule has 0 saturated carbocycles. The van der Waals surface area contributed by atoms with Crippen molar-refractivity contribution in [3.8, 4) is 11.1 Å². The van der Waals surface area contributed by atoms with Crippen LogP contribution in [0.25, 0.3) is 11.1 Å². The second-order valence-corrected chi connectivity index (χ2v) is 4.23. The highest BCUT2D eigenvalue weighted by molar-refractivity contribution is 5.71. The molecule has 1 nitrogen and oxygen atoms in total. The molecule has 0 aliphatic rings. The Morgan fingerprint density at radius 2 is 1.47 bits per heavy atom. The van der Waals surface area contributed by atoms with E-state index < -0.39 is 11.7 Å². The van der Waals surface area contributed by atoms with Gasteiger partial charge in [0.2, 0.25) is 0 Å². The molecule has 2 rings (SSSR count). The molecule has 1 N–H and O–H groups in total. The van der Waals surface area contributed by atoms with Crippen LogP contribution >= 0.6 is 0 Å². The second kappa shape index (κ2) is 5.45. The van der Waals surface area contributed by atoms with Crippen LogP contribution in [0.15, 0.2) is 48.5 Å². The van der Waals surface area contributed by atoms with Gasteiger partial charge in [0.25, 0.3) is 0 Å². The van der Waals surface area contributed by atoms with Gasteiger partial charge >= 0.3 is 6.18 Å². The minimum Gasteiger partial charge on any atom is -0.316 e. The Hall–Kier alpha value is -1.81. The highest BCUT2D eigenvalue weighted by Crippen LogP contribution is 2.37. The first-order valence-corrected chi connectivity index (χ1v) is 5.93. The number of alkyl halides is 3. The lowest BCUT2D eigenvalue weighted by Crippen LogP contribution is -2.10. The van der Waals surface area contributed by atoms with Crippen molar-refractivity contribution >= 4 is 0 Å². The normalized spacial score (nSPS) is 11.6. The van der Waals surface area contributed by atoms with Crippen molar-refractivity contribution in [3.63, 3.8) is 0 Å². The smallest absolute Gasteiger partial charge is 0.316 e. The maximum Gasteiger partial charge on any atom is 0.417 e. The van der Waals surface area contributed by atoms with Crippen LogP contribution in [-0.4, -0.2) is 7.05 Å². The maximum absolute atomic E-state index is 13.0. The van der Waals surface area contributed by atoms with Crippen LogP contribution in [0.4, 0.5) is 13.2 Å². The van der Waals surface area contributed by atoms with Gasteiger partial charge in [0.15, 0.2) is 0 Å². The number of rotatable bonds is 3. The van der Waals surface area contributed by atoms with E-state index >= 15 is 0 Å². The van der Waals surface area contributed by atoms with Crippen molar-refractivity contribution in [1.82, 2.24) is 5.32 Å². The van der Waals surface area contributed by atoms with Crippen LogP contribution in [0.1, 0.15) is 11.1 Å². The zero-order valence-corrected chi connectivity index (χ0v) is 10.5. The van der Waals surface area contributed by atoms with Crippen LogP contribution < -0.4 is 5.32 Å². The molecule has 0 saturated heterocycles. The highest BCUT2D eigenvalue weighted by atomic mass is 19.4. The second-order valence-electron chi connectivity index (χ2n) is 4.23. The van der Waals surface area contributed by atoms with Gasteiger partial charge in [-0.25, -0.2) is 0 Å². The molecule has 100 valence electrons. The standard InChI is InChI=1S/C15H14F3N/c1-19-10-11-6-2-3-7-12(11)13-8-4-5-9-14(13)15(16,17)18/h2-9,19H,10H2,1H3. The van der Waals surface area contributed by atoms with E-state index in [0.29, 0.717) is 12.1 Å². The molecule has 0 unspecified atom stereocenters. The molecule has 0 fully saturated rings. The largest absolute Gasteiger partial charge is 0.417 e. The van der Waals surface area contributed by atoms with E-state index in [9.17, 15) is 13.2 Å². The van der Waals surface area contributed by atoms with Crippen LogP contribution in [0.3, 0.4) is 0 Å². The molecule has 0 spiro atoms.